The molecule has 2 aromatic carbocycles. The molecular formula is C18H13Cl2F6N3O2S. The maximum Gasteiger partial charge on any atom is 0.418 e. The third-order valence-electron chi connectivity index (χ3n) is 4.47. The second-order valence-corrected chi connectivity index (χ2v) is 9.23. The standard InChI is InChI=1S/C18H13Cl2F6N3O2S/c19-9-5-12(20)16(13(27)6-9)32(30,31)28-15(18(24,25)26)8-29-7-11(17(21,22)23)10-3-1-2-4-14(10)29/h1-7,15,28H,8,27H2. The first kappa shape index (κ1) is 24.5. The lowest BCUT2D eigenvalue weighted by Gasteiger charge is -2.23. The van der Waals surface area contributed by atoms with Crippen LogP contribution in [0, 0.1) is 0 Å². The third kappa shape index (κ3) is 4.92. The lowest BCUT2D eigenvalue weighted by molar-refractivity contribution is -0.154. The zero-order valence-corrected chi connectivity index (χ0v) is 17.9. The average Bonchev–Trinajstić information content (AvgIpc) is 2.98. The molecule has 174 valence electrons. The molecule has 0 aliphatic rings. The Morgan fingerprint density at radius 1 is 1.06 bits per heavy atom. The zero-order valence-electron chi connectivity index (χ0n) is 15.6. The number of aromatic nitrogens is 1. The van der Waals surface area contributed by atoms with Gasteiger partial charge in [-0.25, -0.2) is 8.42 Å². The van der Waals surface area contributed by atoms with Crippen molar-refractivity contribution >= 4 is 49.8 Å². The highest BCUT2D eigenvalue weighted by atomic mass is 35.5. The fraction of sp³-hybridized carbons (Fsp3) is 0.222. The van der Waals surface area contributed by atoms with Gasteiger partial charge >= 0.3 is 12.4 Å². The maximum atomic E-state index is 13.7. The Hall–Kier alpha value is -2.15. The van der Waals surface area contributed by atoms with Gasteiger partial charge in [0.15, 0.2) is 0 Å². The highest BCUT2D eigenvalue weighted by molar-refractivity contribution is 7.89. The van der Waals surface area contributed by atoms with E-state index in [0.29, 0.717) is 10.8 Å². The van der Waals surface area contributed by atoms with E-state index in [1.165, 1.54) is 22.9 Å². The van der Waals surface area contributed by atoms with Crippen molar-refractivity contribution in [3.8, 4) is 0 Å². The fourth-order valence-corrected chi connectivity index (χ4v) is 5.34. The number of rotatable bonds is 5. The lowest BCUT2D eigenvalue weighted by atomic mass is 10.2. The number of sulfonamides is 1. The number of nitrogen functional groups attached to an aromatic ring is 1. The number of anilines is 1. The number of nitrogens with two attached hydrogens (primary N) is 1. The van der Waals surface area contributed by atoms with Crippen molar-refractivity contribution in [3.63, 3.8) is 0 Å². The van der Waals surface area contributed by atoms with Crippen molar-refractivity contribution < 1.29 is 34.8 Å². The normalized spacial score (nSPS) is 14.1. The van der Waals surface area contributed by atoms with Crippen LogP contribution in [0.25, 0.3) is 10.9 Å². The molecule has 0 bridgehead atoms. The van der Waals surface area contributed by atoms with Gasteiger partial charge in [-0.05, 0) is 18.2 Å². The Bertz CT molecular complexity index is 1250. The molecule has 0 aliphatic carbocycles. The van der Waals surface area contributed by atoms with E-state index in [-0.39, 0.29) is 15.9 Å². The summed E-state index contributed by atoms with van der Waals surface area (Å²) in [6, 6.07) is 4.12. The predicted molar refractivity (Wildman–Crippen MR) is 108 cm³/mol. The largest absolute Gasteiger partial charge is 0.418 e. The summed E-state index contributed by atoms with van der Waals surface area (Å²) < 4.78 is 109. The first-order valence-corrected chi connectivity index (χ1v) is 10.8. The number of nitrogens with zero attached hydrogens (tertiary/aromatic N) is 1. The highest BCUT2D eigenvalue weighted by Crippen LogP contribution is 2.37. The molecule has 3 rings (SSSR count). The SMILES string of the molecule is Nc1cc(Cl)cc(Cl)c1S(=O)(=O)NC(Cn1cc(C(F)(F)F)c2ccccc21)C(F)(F)F. The van der Waals surface area contributed by atoms with Crippen LogP contribution in [0.3, 0.4) is 0 Å². The van der Waals surface area contributed by atoms with Crippen molar-refractivity contribution in [2.45, 2.75) is 29.8 Å². The number of benzene rings is 2. The van der Waals surface area contributed by atoms with Crippen molar-refractivity contribution in [3.05, 3.63) is 58.2 Å². The first-order valence-electron chi connectivity index (χ1n) is 8.60. The van der Waals surface area contributed by atoms with Crippen molar-refractivity contribution in [2.24, 2.45) is 0 Å². The quantitative estimate of drug-likeness (QED) is 0.347. The van der Waals surface area contributed by atoms with Gasteiger partial charge in [0.25, 0.3) is 0 Å². The molecule has 0 fully saturated rings. The van der Waals surface area contributed by atoms with Gasteiger partial charge in [-0.3, -0.25) is 0 Å². The molecule has 1 atom stereocenters. The minimum atomic E-state index is -5.16. The van der Waals surface area contributed by atoms with Crippen LogP contribution in [-0.2, 0) is 22.7 Å². The molecule has 0 aliphatic heterocycles. The van der Waals surface area contributed by atoms with Crippen LogP contribution in [0.2, 0.25) is 10.0 Å². The van der Waals surface area contributed by atoms with E-state index in [4.69, 9.17) is 28.9 Å². The molecule has 1 aromatic heterocycles. The van der Waals surface area contributed by atoms with Gasteiger partial charge in [-0.2, -0.15) is 31.1 Å². The lowest BCUT2D eigenvalue weighted by Crippen LogP contribution is -2.48. The third-order valence-corrected chi connectivity index (χ3v) is 6.69. The van der Waals surface area contributed by atoms with E-state index in [9.17, 15) is 34.8 Å². The maximum absolute atomic E-state index is 13.7. The number of fused-ring (bicyclic) bond motifs is 1. The summed E-state index contributed by atoms with van der Waals surface area (Å²) >= 11 is 11.5. The summed E-state index contributed by atoms with van der Waals surface area (Å²) in [6.07, 6.45) is -9.49. The monoisotopic (exact) mass is 519 g/mol. The van der Waals surface area contributed by atoms with Crippen LogP contribution in [0.15, 0.2) is 47.5 Å². The molecule has 14 heteroatoms. The molecule has 0 saturated carbocycles. The van der Waals surface area contributed by atoms with Crippen molar-refractivity contribution in [1.29, 1.82) is 0 Å². The molecule has 0 saturated heterocycles. The van der Waals surface area contributed by atoms with Gasteiger partial charge in [0.05, 0.1) is 16.3 Å². The van der Waals surface area contributed by atoms with E-state index >= 15 is 0 Å². The predicted octanol–water partition coefficient (Wildman–Crippen LogP) is 5.46. The van der Waals surface area contributed by atoms with Crippen LogP contribution in [-0.4, -0.2) is 25.2 Å². The van der Waals surface area contributed by atoms with E-state index in [1.54, 1.807) is 0 Å². The van der Waals surface area contributed by atoms with E-state index in [2.05, 4.69) is 0 Å². The van der Waals surface area contributed by atoms with Gasteiger partial charge in [0, 0.05) is 28.7 Å². The van der Waals surface area contributed by atoms with Crippen LogP contribution in [0.5, 0.6) is 0 Å². The highest BCUT2D eigenvalue weighted by Gasteiger charge is 2.44. The van der Waals surface area contributed by atoms with Crippen LogP contribution in [0.1, 0.15) is 5.56 Å². The summed E-state index contributed by atoms with van der Waals surface area (Å²) in [5.74, 6) is 0. The number of para-hydroxylation sites is 1. The number of hydrogen-bond donors (Lipinski definition) is 2. The Morgan fingerprint density at radius 3 is 2.25 bits per heavy atom. The second-order valence-electron chi connectivity index (χ2n) is 6.73. The Labute approximate surface area is 187 Å². The molecule has 3 aromatic rings. The van der Waals surface area contributed by atoms with Crippen molar-refractivity contribution in [1.82, 2.24) is 9.29 Å². The molecule has 1 unspecified atom stereocenters. The first-order chi connectivity index (χ1) is 14.6. The Kier molecular flexibility index (Phi) is 6.37. The summed E-state index contributed by atoms with van der Waals surface area (Å²) in [6.45, 7) is -1.18. The molecule has 0 radical (unpaired) electrons. The molecule has 5 nitrogen and oxygen atoms in total. The summed E-state index contributed by atoms with van der Waals surface area (Å²) in [5.41, 5.74) is 3.77. The molecule has 0 spiro atoms. The average molecular weight is 520 g/mol. The Balaban J connectivity index is 2.05. The minimum absolute atomic E-state index is 0.0442. The van der Waals surface area contributed by atoms with Gasteiger partial charge in [-0.1, -0.05) is 41.4 Å². The van der Waals surface area contributed by atoms with Gasteiger partial charge in [0.2, 0.25) is 10.0 Å². The number of halogens is 8. The van der Waals surface area contributed by atoms with E-state index in [1.807, 2.05) is 0 Å². The molecule has 1 heterocycles. The van der Waals surface area contributed by atoms with Crippen molar-refractivity contribution in [2.75, 3.05) is 5.73 Å². The molecular weight excluding hydrogens is 507 g/mol. The van der Waals surface area contributed by atoms with Gasteiger partial charge in [0.1, 0.15) is 10.9 Å². The number of hydrogen-bond acceptors (Lipinski definition) is 3. The fourth-order valence-electron chi connectivity index (χ4n) is 3.14. The summed E-state index contributed by atoms with van der Waals surface area (Å²) in [5, 5.41) is -0.889. The molecule has 3 N–H and O–H groups in total. The second kappa shape index (κ2) is 8.32. The molecule has 0 amide bonds. The summed E-state index contributed by atoms with van der Waals surface area (Å²) in [4.78, 5) is -0.828. The summed E-state index contributed by atoms with van der Waals surface area (Å²) in [7, 11) is -4.94. The van der Waals surface area contributed by atoms with Crippen LogP contribution < -0.4 is 10.5 Å². The van der Waals surface area contributed by atoms with Gasteiger partial charge < -0.3 is 10.3 Å². The topological polar surface area (TPSA) is 77.1 Å². The van der Waals surface area contributed by atoms with E-state index < -0.39 is 56.1 Å². The minimum Gasteiger partial charge on any atom is -0.398 e. The zero-order chi connectivity index (χ0) is 24.1. The van der Waals surface area contributed by atoms with Crippen LogP contribution >= 0.6 is 23.2 Å². The van der Waals surface area contributed by atoms with Gasteiger partial charge in [-0.15, -0.1) is 0 Å². The Morgan fingerprint density at radius 2 is 1.69 bits per heavy atom. The van der Waals surface area contributed by atoms with E-state index in [0.717, 1.165) is 18.2 Å². The number of nitrogens with one attached hydrogen (secondary N) is 1. The number of alkyl halides is 6. The van der Waals surface area contributed by atoms with Crippen LogP contribution in [0.4, 0.5) is 32.0 Å². The molecule has 32 heavy (non-hydrogen) atoms. The smallest absolute Gasteiger partial charge is 0.398 e.